The predicted molar refractivity (Wildman–Crippen MR) is 98.0 cm³/mol. The van der Waals surface area contributed by atoms with Gasteiger partial charge in [-0.1, -0.05) is 42.5 Å². The SMILES string of the molecule is CN(Cc1ccccc1)C(=O)CN1CCN(c2ccccc2F)CC1. The molecule has 0 aliphatic carbocycles. The summed E-state index contributed by atoms with van der Waals surface area (Å²) in [5, 5.41) is 0. The van der Waals surface area contributed by atoms with Gasteiger partial charge in [0, 0.05) is 39.8 Å². The van der Waals surface area contributed by atoms with Gasteiger partial charge >= 0.3 is 0 Å². The van der Waals surface area contributed by atoms with E-state index in [1.54, 1.807) is 11.0 Å². The van der Waals surface area contributed by atoms with Crippen molar-refractivity contribution in [3.63, 3.8) is 0 Å². The topological polar surface area (TPSA) is 26.8 Å². The van der Waals surface area contributed by atoms with Crippen LogP contribution in [-0.4, -0.2) is 55.5 Å². The van der Waals surface area contributed by atoms with Crippen LogP contribution in [0.2, 0.25) is 0 Å². The Balaban J connectivity index is 1.48. The Morgan fingerprint density at radius 1 is 1.00 bits per heavy atom. The predicted octanol–water partition coefficient (Wildman–Crippen LogP) is 2.61. The average Bonchev–Trinajstić information content (AvgIpc) is 2.64. The number of carbonyl (C=O) groups is 1. The number of carbonyl (C=O) groups excluding carboxylic acids is 1. The van der Waals surface area contributed by atoms with Crippen LogP contribution in [0.1, 0.15) is 5.56 Å². The lowest BCUT2D eigenvalue weighted by molar-refractivity contribution is -0.131. The van der Waals surface area contributed by atoms with Gasteiger partial charge in [0.1, 0.15) is 5.82 Å². The van der Waals surface area contributed by atoms with Gasteiger partial charge in [0.15, 0.2) is 0 Å². The molecule has 0 atom stereocenters. The molecule has 25 heavy (non-hydrogen) atoms. The molecule has 1 aliphatic heterocycles. The molecule has 0 spiro atoms. The maximum absolute atomic E-state index is 13.9. The number of likely N-dealkylation sites (N-methyl/N-ethyl adjacent to an activating group) is 1. The number of piperazine rings is 1. The molecule has 1 heterocycles. The molecule has 2 aromatic carbocycles. The van der Waals surface area contributed by atoms with E-state index in [4.69, 9.17) is 0 Å². The van der Waals surface area contributed by atoms with E-state index in [-0.39, 0.29) is 11.7 Å². The lowest BCUT2D eigenvalue weighted by Crippen LogP contribution is -2.49. The van der Waals surface area contributed by atoms with Crippen LogP contribution in [0, 0.1) is 5.82 Å². The zero-order chi connectivity index (χ0) is 17.6. The molecule has 1 saturated heterocycles. The third-order valence-electron chi connectivity index (χ3n) is 4.61. The number of hydrogen-bond donors (Lipinski definition) is 0. The van der Waals surface area contributed by atoms with Gasteiger partial charge in [-0.3, -0.25) is 9.69 Å². The van der Waals surface area contributed by atoms with Gasteiger partial charge in [0.25, 0.3) is 0 Å². The van der Waals surface area contributed by atoms with Gasteiger partial charge in [-0.15, -0.1) is 0 Å². The van der Waals surface area contributed by atoms with Crippen LogP contribution in [-0.2, 0) is 11.3 Å². The quantitative estimate of drug-likeness (QED) is 0.836. The summed E-state index contributed by atoms with van der Waals surface area (Å²) in [7, 11) is 1.84. The molecule has 0 aromatic heterocycles. The fourth-order valence-electron chi connectivity index (χ4n) is 3.11. The van der Waals surface area contributed by atoms with Crippen molar-refractivity contribution in [3.05, 3.63) is 66.0 Å². The third kappa shape index (κ3) is 4.57. The number of halogens is 1. The van der Waals surface area contributed by atoms with Gasteiger partial charge < -0.3 is 9.80 Å². The molecule has 0 N–H and O–H groups in total. The fraction of sp³-hybridized carbons (Fsp3) is 0.350. The van der Waals surface area contributed by atoms with Crippen molar-refractivity contribution in [1.29, 1.82) is 0 Å². The highest BCUT2D eigenvalue weighted by Crippen LogP contribution is 2.20. The Morgan fingerprint density at radius 2 is 1.64 bits per heavy atom. The highest BCUT2D eigenvalue weighted by atomic mass is 19.1. The largest absolute Gasteiger partial charge is 0.367 e. The second-order valence-corrected chi connectivity index (χ2v) is 6.45. The molecule has 1 amide bonds. The standard InChI is InChI=1S/C20H24FN3O/c1-22(15-17-7-3-2-4-8-17)20(25)16-23-11-13-24(14-12-23)19-10-6-5-9-18(19)21/h2-10H,11-16H2,1H3. The molecule has 1 aliphatic rings. The number of amides is 1. The van der Waals surface area contributed by atoms with Crippen molar-refractivity contribution >= 4 is 11.6 Å². The number of hydrogen-bond acceptors (Lipinski definition) is 3. The number of nitrogens with zero attached hydrogens (tertiary/aromatic N) is 3. The highest BCUT2D eigenvalue weighted by Gasteiger charge is 2.22. The normalized spacial score (nSPS) is 15.2. The summed E-state index contributed by atoms with van der Waals surface area (Å²) < 4.78 is 13.9. The minimum atomic E-state index is -0.186. The van der Waals surface area contributed by atoms with E-state index in [1.165, 1.54) is 6.07 Å². The maximum Gasteiger partial charge on any atom is 0.236 e. The van der Waals surface area contributed by atoms with Crippen LogP contribution >= 0.6 is 0 Å². The highest BCUT2D eigenvalue weighted by molar-refractivity contribution is 5.78. The van der Waals surface area contributed by atoms with Crippen molar-refractivity contribution < 1.29 is 9.18 Å². The van der Waals surface area contributed by atoms with Crippen LogP contribution in [0.25, 0.3) is 0 Å². The molecule has 2 aromatic rings. The molecule has 0 unspecified atom stereocenters. The summed E-state index contributed by atoms with van der Waals surface area (Å²) in [5.41, 5.74) is 1.78. The molecule has 132 valence electrons. The first-order valence-electron chi connectivity index (χ1n) is 8.63. The van der Waals surface area contributed by atoms with Crippen molar-refractivity contribution in [1.82, 2.24) is 9.80 Å². The average molecular weight is 341 g/mol. The van der Waals surface area contributed by atoms with E-state index in [0.29, 0.717) is 18.8 Å². The van der Waals surface area contributed by atoms with E-state index >= 15 is 0 Å². The van der Waals surface area contributed by atoms with E-state index in [2.05, 4.69) is 4.90 Å². The van der Waals surface area contributed by atoms with Crippen molar-refractivity contribution in [2.75, 3.05) is 44.7 Å². The van der Waals surface area contributed by atoms with Gasteiger partial charge in [-0.05, 0) is 17.7 Å². The smallest absolute Gasteiger partial charge is 0.236 e. The minimum absolute atomic E-state index is 0.114. The first-order valence-corrected chi connectivity index (χ1v) is 8.63. The summed E-state index contributed by atoms with van der Waals surface area (Å²) >= 11 is 0. The molecule has 0 radical (unpaired) electrons. The zero-order valence-corrected chi connectivity index (χ0v) is 14.6. The van der Waals surface area contributed by atoms with Crippen molar-refractivity contribution in [3.8, 4) is 0 Å². The Bertz CT molecular complexity index is 699. The van der Waals surface area contributed by atoms with Crippen molar-refractivity contribution in [2.24, 2.45) is 0 Å². The fourth-order valence-corrected chi connectivity index (χ4v) is 3.11. The second-order valence-electron chi connectivity index (χ2n) is 6.45. The van der Waals surface area contributed by atoms with Crippen LogP contribution < -0.4 is 4.90 Å². The molecule has 1 fully saturated rings. The molecule has 0 saturated carbocycles. The Kier molecular flexibility index (Phi) is 5.66. The molecular weight excluding hydrogens is 317 g/mol. The van der Waals surface area contributed by atoms with Crippen molar-refractivity contribution in [2.45, 2.75) is 6.54 Å². The molecule has 0 bridgehead atoms. The van der Waals surface area contributed by atoms with Crippen LogP contribution in [0.15, 0.2) is 54.6 Å². The van der Waals surface area contributed by atoms with E-state index < -0.39 is 0 Å². The third-order valence-corrected chi connectivity index (χ3v) is 4.61. The number of rotatable bonds is 5. The summed E-state index contributed by atoms with van der Waals surface area (Å²) in [6.07, 6.45) is 0. The van der Waals surface area contributed by atoms with Gasteiger partial charge in [0.05, 0.1) is 12.2 Å². The first-order chi connectivity index (χ1) is 12.1. The monoisotopic (exact) mass is 341 g/mol. The van der Waals surface area contributed by atoms with Gasteiger partial charge in [-0.2, -0.15) is 0 Å². The zero-order valence-electron chi connectivity index (χ0n) is 14.6. The first kappa shape index (κ1) is 17.4. The Hall–Kier alpha value is -2.40. The molecule has 4 nitrogen and oxygen atoms in total. The number of benzene rings is 2. The minimum Gasteiger partial charge on any atom is -0.367 e. The van der Waals surface area contributed by atoms with Gasteiger partial charge in [0.2, 0.25) is 5.91 Å². The maximum atomic E-state index is 13.9. The second kappa shape index (κ2) is 8.12. The lowest BCUT2D eigenvalue weighted by Gasteiger charge is -2.36. The molecular formula is C20H24FN3O. The molecule has 5 heteroatoms. The van der Waals surface area contributed by atoms with Crippen LogP contribution in [0.5, 0.6) is 0 Å². The summed E-state index contributed by atoms with van der Waals surface area (Å²) in [6, 6.07) is 16.8. The summed E-state index contributed by atoms with van der Waals surface area (Å²) in [6.45, 7) is 4.02. The number of anilines is 1. The number of para-hydroxylation sites is 1. The van der Waals surface area contributed by atoms with E-state index in [0.717, 1.165) is 31.7 Å². The van der Waals surface area contributed by atoms with Gasteiger partial charge in [-0.25, -0.2) is 4.39 Å². The van der Waals surface area contributed by atoms with Crippen LogP contribution in [0.3, 0.4) is 0 Å². The van der Waals surface area contributed by atoms with E-state index in [1.807, 2.05) is 54.4 Å². The van der Waals surface area contributed by atoms with Crippen LogP contribution in [0.4, 0.5) is 10.1 Å². The Labute approximate surface area is 148 Å². The summed E-state index contributed by atoms with van der Waals surface area (Å²) in [4.78, 5) is 18.4. The lowest BCUT2D eigenvalue weighted by atomic mass is 10.2. The molecule has 3 rings (SSSR count). The summed E-state index contributed by atoms with van der Waals surface area (Å²) in [5.74, 6) is -0.0715. The Morgan fingerprint density at radius 3 is 2.32 bits per heavy atom. The van der Waals surface area contributed by atoms with E-state index in [9.17, 15) is 9.18 Å².